The molecular weight excluding hydrogens is 353 g/mol. The van der Waals surface area contributed by atoms with Crippen molar-refractivity contribution in [3.63, 3.8) is 0 Å². The molecule has 0 bridgehead atoms. The van der Waals surface area contributed by atoms with Gasteiger partial charge < -0.3 is 16.0 Å². The SMILES string of the molecule is CC(C)[C@H](N)C(=O)NCC(=O)N1CCCC1c1cnn(C)c1.Cl.Cl. The lowest BCUT2D eigenvalue weighted by Crippen LogP contribution is -2.47. The van der Waals surface area contributed by atoms with Crippen LogP contribution in [-0.2, 0) is 16.6 Å². The molecule has 2 rings (SSSR count). The number of carbonyl (C=O) groups excluding carboxylic acids is 2. The first-order chi connectivity index (χ1) is 10.4. The van der Waals surface area contributed by atoms with Crippen LogP contribution in [0.3, 0.4) is 0 Å². The van der Waals surface area contributed by atoms with E-state index in [2.05, 4.69) is 10.4 Å². The summed E-state index contributed by atoms with van der Waals surface area (Å²) in [6.45, 7) is 4.47. The van der Waals surface area contributed by atoms with Crippen LogP contribution in [0.4, 0.5) is 0 Å². The van der Waals surface area contributed by atoms with Gasteiger partial charge in [-0.25, -0.2) is 0 Å². The Kier molecular flexibility index (Phi) is 9.32. The molecule has 1 unspecified atom stereocenters. The summed E-state index contributed by atoms with van der Waals surface area (Å²) in [4.78, 5) is 26.0. The minimum Gasteiger partial charge on any atom is -0.346 e. The third kappa shape index (κ3) is 5.36. The summed E-state index contributed by atoms with van der Waals surface area (Å²) in [5, 5.41) is 6.81. The van der Waals surface area contributed by atoms with Crippen LogP contribution in [0.1, 0.15) is 38.3 Å². The largest absolute Gasteiger partial charge is 0.346 e. The van der Waals surface area contributed by atoms with Gasteiger partial charge in [0.15, 0.2) is 0 Å². The molecule has 1 saturated heterocycles. The fourth-order valence-corrected chi connectivity index (χ4v) is 2.71. The van der Waals surface area contributed by atoms with Gasteiger partial charge in [-0.15, -0.1) is 24.8 Å². The molecule has 2 amide bonds. The van der Waals surface area contributed by atoms with Crippen LogP contribution in [0.25, 0.3) is 0 Å². The Hall–Kier alpha value is -1.31. The Bertz CT molecular complexity index is 550. The normalized spacial score (nSPS) is 17.9. The quantitative estimate of drug-likeness (QED) is 0.798. The zero-order chi connectivity index (χ0) is 16.3. The second kappa shape index (κ2) is 9.86. The molecule has 0 radical (unpaired) electrons. The predicted molar refractivity (Wildman–Crippen MR) is 97.2 cm³/mol. The molecule has 2 heterocycles. The molecule has 1 aromatic heterocycles. The molecule has 0 aliphatic carbocycles. The van der Waals surface area contributed by atoms with Gasteiger partial charge in [0.25, 0.3) is 0 Å². The van der Waals surface area contributed by atoms with Gasteiger partial charge in [-0.05, 0) is 18.8 Å². The molecule has 9 heteroatoms. The number of likely N-dealkylation sites (tertiary alicyclic amines) is 1. The lowest BCUT2D eigenvalue weighted by molar-refractivity contribution is -0.134. The van der Waals surface area contributed by atoms with Crippen molar-refractivity contribution in [1.82, 2.24) is 20.0 Å². The Labute approximate surface area is 155 Å². The van der Waals surface area contributed by atoms with Crippen LogP contribution in [0.15, 0.2) is 12.4 Å². The number of carbonyl (C=O) groups is 2. The summed E-state index contributed by atoms with van der Waals surface area (Å²) in [5.41, 5.74) is 6.81. The van der Waals surface area contributed by atoms with E-state index in [0.717, 1.165) is 18.4 Å². The minimum atomic E-state index is -0.583. The van der Waals surface area contributed by atoms with Gasteiger partial charge in [-0.2, -0.15) is 5.10 Å². The number of aromatic nitrogens is 2. The average molecular weight is 380 g/mol. The Balaban J connectivity index is 0.00000264. The van der Waals surface area contributed by atoms with Crippen molar-refractivity contribution < 1.29 is 9.59 Å². The summed E-state index contributed by atoms with van der Waals surface area (Å²) in [7, 11) is 1.86. The molecule has 1 fully saturated rings. The number of nitrogens with zero attached hydrogens (tertiary/aromatic N) is 3. The number of halogens is 2. The fourth-order valence-electron chi connectivity index (χ4n) is 2.71. The van der Waals surface area contributed by atoms with Crippen LogP contribution >= 0.6 is 24.8 Å². The molecule has 0 saturated carbocycles. The number of nitrogens with two attached hydrogens (primary N) is 1. The standard InChI is InChI=1S/C15H25N5O2.2ClH/c1-10(2)14(16)15(22)17-8-13(21)20-6-4-5-12(20)11-7-18-19(3)9-11;;/h7,9-10,12,14H,4-6,8,16H2,1-3H3,(H,17,22);2*1H/t12?,14-;;/m0../s1. The topological polar surface area (TPSA) is 93.2 Å². The van der Waals surface area contributed by atoms with E-state index in [4.69, 9.17) is 5.73 Å². The molecule has 1 aromatic rings. The number of rotatable bonds is 5. The van der Waals surface area contributed by atoms with Crippen LogP contribution in [0.5, 0.6) is 0 Å². The summed E-state index contributed by atoms with van der Waals surface area (Å²) < 4.78 is 1.74. The highest BCUT2D eigenvalue weighted by molar-refractivity contribution is 5.87. The number of hydrogen-bond acceptors (Lipinski definition) is 4. The molecule has 0 spiro atoms. The first-order valence-corrected chi connectivity index (χ1v) is 7.71. The Morgan fingerprint density at radius 3 is 2.62 bits per heavy atom. The van der Waals surface area contributed by atoms with Gasteiger partial charge in [0.1, 0.15) is 0 Å². The second-order valence-corrected chi connectivity index (χ2v) is 6.18. The maximum Gasteiger partial charge on any atom is 0.242 e. The van der Waals surface area contributed by atoms with Crippen molar-refractivity contribution >= 4 is 36.6 Å². The van der Waals surface area contributed by atoms with E-state index in [0.29, 0.717) is 6.54 Å². The van der Waals surface area contributed by atoms with E-state index in [-0.39, 0.29) is 55.1 Å². The maximum atomic E-state index is 12.4. The highest BCUT2D eigenvalue weighted by atomic mass is 35.5. The van der Waals surface area contributed by atoms with Crippen molar-refractivity contribution in [2.24, 2.45) is 18.7 Å². The zero-order valence-electron chi connectivity index (χ0n) is 14.3. The van der Waals surface area contributed by atoms with E-state index >= 15 is 0 Å². The minimum absolute atomic E-state index is 0. The van der Waals surface area contributed by atoms with Crippen molar-refractivity contribution in [2.75, 3.05) is 13.1 Å². The molecule has 24 heavy (non-hydrogen) atoms. The number of aryl methyl sites for hydroxylation is 1. The molecule has 138 valence electrons. The van der Waals surface area contributed by atoms with Crippen molar-refractivity contribution in [3.8, 4) is 0 Å². The van der Waals surface area contributed by atoms with Gasteiger partial charge in [0, 0.05) is 25.4 Å². The van der Waals surface area contributed by atoms with Gasteiger partial charge in [0.05, 0.1) is 24.8 Å². The van der Waals surface area contributed by atoms with Gasteiger partial charge in [-0.3, -0.25) is 14.3 Å². The summed E-state index contributed by atoms with van der Waals surface area (Å²) in [6, 6.07) is -0.530. The van der Waals surface area contributed by atoms with Gasteiger partial charge in [-0.1, -0.05) is 13.8 Å². The fraction of sp³-hybridized carbons (Fsp3) is 0.667. The number of hydrogen-bond donors (Lipinski definition) is 2. The van der Waals surface area contributed by atoms with Crippen molar-refractivity contribution in [3.05, 3.63) is 18.0 Å². The molecule has 7 nitrogen and oxygen atoms in total. The first-order valence-electron chi connectivity index (χ1n) is 7.71. The molecular formula is C15H27Cl2N5O2. The van der Waals surface area contributed by atoms with Gasteiger partial charge in [0.2, 0.25) is 11.8 Å². The zero-order valence-corrected chi connectivity index (χ0v) is 15.9. The van der Waals surface area contributed by atoms with E-state index in [1.807, 2.05) is 32.0 Å². The predicted octanol–water partition coefficient (Wildman–Crippen LogP) is 1.03. The lowest BCUT2D eigenvalue weighted by atomic mass is 10.1. The van der Waals surface area contributed by atoms with Crippen LogP contribution in [0.2, 0.25) is 0 Å². The molecule has 1 aliphatic rings. The molecule has 0 aromatic carbocycles. The summed E-state index contributed by atoms with van der Waals surface area (Å²) in [6.07, 6.45) is 5.62. The van der Waals surface area contributed by atoms with E-state index in [1.165, 1.54) is 0 Å². The smallest absolute Gasteiger partial charge is 0.242 e. The summed E-state index contributed by atoms with van der Waals surface area (Å²) >= 11 is 0. The molecule has 1 aliphatic heterocycles. The molecule has 2 atom stereocenters. The summed E-state index contributed by atoms with van der Waals surface area (Å²) in [5.74, 6) is -0.304. The lowest BCUT2D eigenvalue weighted by Gasteiger charge is -2.24. The van der Waals surface area contributed by atoms with E-state index in [9.17, 15) is 9.59 Å². The third-order valence-corrected chi connectivity index (χ3v) is 4.12. The van der Waals surface area contributed by atoms with Crippen molar-refractivity contribution in [1.29, 1.82) is 0 Å². The average Bonchev–Trinajstić information content (AvgIpc) is 3.11. The Morgan fingerprint density at radius 1 is 1.42 bits per heavy atom. The first kappa shape index (κ1) is 22.7. The highest BCUT2D eigenvalue weighted by Gasteiger charge is 2.31. The monoisotopic (exact) mass is 379 g/mol. The molecule has 3 N–H and O–H groups in total. The maximum absolute atomic E-state index is 12.4. The van der Waals surface area contributed by atoms with Gasteiger partial charge >= 0.3 is 0 Å². The highest BCUT2D eigenvalue weighted by Crippen LogP contribution is 2.31. The number of nitrogens with one attached hydrogen (secondary N) is 1. The van der Waals surface area contributed by atoms with Crippen molar-refractivity contribution in [2.45, 2.75) is 38.8 Å². The van der Waals surface area contributed by atoms with Crippen LogP contribution < -0.4 is 11.1 Å². The van der Waals surface area contributed by atoms with E-state index < -0.39 is 6.04 Å². The van der Waals surface area contributed by atoms with E-state index in [1.54, 1.807) is 10.9 Å². The number of amides is 2. The third-order valence-electron chi connectivity index (χ3n) is 4.12. The Morgan fingerprint density at radius 2 is 2.08 bits per heavy atom. The second-order valence-electron chi connectivity index (χ2n) is 6.18. The van der Waals surface area contributed by atoms with Crippen LogP contribution in [-0.4, -0.2) is 45.6 Å². The van der Waals surface area contributed by atoms with Crippen LogP contribution in [0, 0.1) is 5.92 Å².